The molecular weight excluding hydrogens is 376 g/mol. The Morgan fingerprint density at radius 1 is 0.700 bits per heavy atom. The minimum absolute atomic E-state index is 0.540. The van der Waals surface area contributed by atoms with Crippen LogP contribution in [0.15, 0.2) is 78.9 Å². The summed E-state index contributed by atoms with van der Waals surface area (Å²) in [5, 5.41) is 4.37. The fourth-order valence-corrected chi connectivity index (χ4v) is 3.05. The second-order valence-electron chi connectivity index (χ2n) is 7.06. The Labute approximate surface area is 176 Å². The van der Waals surface area contributed by atoms with Gasteiger partial charge in [-0.3, -0.25) is 0 Å². The summed E-state index contributed by atoms with van der Waals surface area (Å²) in [5.41, 5.74) is 3.13. The second-order valence-corrected chi connectivity index (χ2v) is 7.06. The molecule has 5 nitrogen and oxygen atoms in total. The van der Waals surface area contributed by atoms with Crippen LogP contribution in [0.5, 0.6) is 28.9 Å². The Bertz CT molecular complexity index is 1100. The Morgan fingerprint density at radius 3 is 1.77 bits per heavy atom. The predicted octanol–water partition coefficient (Wildman–Crippen LogP) is 6.20. The number of ether oxygens (including phenoxy) is 3. The van der Waals surface area contributed by atoms with Crippen LogP contribution in [0.2, 0.25) is 0 Å². The van der Waals surface area contributed by atoms with Crippen LogP contribution in [-0.2, 0) is 13.7 Å². The molecule has 1 heterocycles. The number of nitrogens with zero attached hydrogens (tertiary/aromatic N) is 2. The molecule has 0 fully saturated rings. The van der Waals surface area contributed by atoms with Crippen molar-refractivity contribution in [3.8, 4) is 28.9 Å². The first-order valence-corrected chi connectivity index (χ1v) is 9.81. The topological polar surface area (TPSA) is 45.5 Å². The zero-order valence-electron chi connectivity index (χ0n) is 17.3. The van der Waals surface area contributed by atoms with Gasteiger partial charge in [0, 0.05) is 12.6 Å². The zero-order valence-corrected chi connectivity index (χ0v) is 17.3. The van der Waals surface area contributed by atoms with Gasteiger partial charge in [0.05, 0.1) is 5.69 Å². The molecule has 0 aliphatic rings. The molecule has 4 rings (SSSR count). The van der Waals surface area contributed by atoms with E-state index in [4.69, 9.17) is 14.2 Å². The molecule has 0 aliphatic carbocycles. The highest BCUT2D eigenvalue weighted by atomic mass is 16.5. The summed E-state index contributed by atoms with van der Waals surface area (Å²) >= 11 is 0. The summed E-state index contributed by atoms with van der Waals surface area (Å²) in [5.74, 6) is 3.76. The minimum Gasteiger partial charge on any atom is -0.489 e. The van der Waals surface area contributed by atoms with E-state index < -0.39 is 0 Å². The first-order chi connectivity index (χ1) is 14.6. The standard InChI is InChI=1S/C25H24N2O3/c1-18-19(2)26-27(3)25(18)30-24-15-13-23(14-16-24)29-22-11-9-21(10-12-22)28-17-20-7-5-4-6-8-20/h4-16H,17H2,1-3H3. The van der Waals surface area contributed by atoms with E-state index in [1.807, 2.05) is 99.8 Å². The van der Waals surface area contributed by atoms with Crippen LogP contribution >= 0.6 is 0 Å². The smallest absolute Gasteiger partial charge is 0.220 e. The van der Waals surface area contributed by atoms with Crippen molar-refractivity contribution in [3.63, 3.8) is 0 Å². The van der Waals surface area contributed by atoms with Gasteiger partial charge in [-0.1, -0.05) is 30.3 Å². The van der Waals surface area contributed by atoms with Crippen molar-refractivity contribution in [1.29, 1.82) is 0 Å². The average molecular weight is 400 g/mol. The van der Waals surface area contributed by atoms with Crippen LogP contribution in [0.4, 0.5) is 0 Å². The number of aromatic nitrogens is 2. The van der Waals surface area contributed by atoms with Crippen LogP contribution in [0.3, 0.4) is 0 Å². The Balaban J connectivity index is 1.35. The van der Waals surface area contributed by atoms with Crippen LogP contribution in [-0.4, -0.2) is 9.78 Å². The highest BCUT2D eigenvalue weighted by molar-refractivity contribution is 5.40. The van der Waals surface area contributed by atoms with Crippen LogP contribution in [0, 0.1) is 13.8 Å². The molecule has 0 unspecified atom stereocenters. The Hall–Kier alpha value is -3.73. The quantitative estimate of drug-likeness (QED) is 0.370. The average Bonchev–Trinajstić information content (AvgIpc) is 3.01. The third kappa shape index (κ3) is 4.63. The molecule has 1 aromatic heterocycles. The lowest BCUT2D eigenvalue weighted by Crippen LogP contribution is -1.96. The van der Waals surface area contributed by atoms with Crippen molar-refractivity contribution in [1.82, 2.24) is 9.78 Å². The molecule has 0 aliphatic heterocycles. The summed E-state index contributed by atoms with van der Waals surface area (Å²) in [6, 6.07) is 25.2. The SMILES string of the molecule is Cc1nn(C)c(Oc2ccc(Oc3ccc(OCc4ccccc4)cc3)cc2)c1C. The first kappa shape index (κ1) is 19.6. The summed E-state index contributed by atoms with van der Waals surface area (Å²) in [6.45, 7) is 4.51. The molecular formula is C25H24N2O3. The molecule has 0 amide bonds. The van der Waals surface area contributed by atoms with Gasteiger partial charge in [-0.05, 0) is 67.9 Å². The maximum atomic E-state index is 5.97. The normalized spacial score (nSPS) is 10.6. The number of hydrogen-bond donors (Lipinski definition) is 0. The molecule has 0 N–H and O–H groups in total. The van der Waals surface area contributed by atoms with Crippen molar-refractivity contribution in [2.24, 2.45) is 7.05 Å². The molecule has 0 saturated heterocycles. The van der Waals surface area contributed by atoms with Gasteiger partial charge in [-0.2, -0.15) is 5.10 Å². The van der Waals surface area contributed by atoms with Gasteiger partial charge in [-0.15, -0.1) is 0 Å². The highest BCUT2D eigenvalue weighted by Gasteiger charge is 2.11. The van der Waals surface area contributed by atoms with E-state index in [9.17, 15) is 0 Å². The minimum atomic E-state index is 0.540. The van der Waals surface area contributed by atoms with Gasteiger partial charge in [0.15, 0.2) is 0 Å². The molecule has 0 atom stereocenters. The van der Waals surface area contributed by atoms with Crippen molar-refractivity contribution in [2.45, 2.75) is 20.5 Å². The lowest BCUT2D eigenvalue weighted by atomic mass is 10.2. The molecule has 152 valence electrons. The summed E-state index contributed by atoms with van der Waals surface area (Å²) in [4.78, 5) is 0. The van der Waals surface area contributed by atoms with Gasteiger partial charge >= 0.3 is 0 Å². The largest absolute Gasteiger partial charge is 0.489 e. The van der Waals surface area contributed by atoms with Crippen LogP contribution in [0.25, 0.3) is 0 Å². The molecule has 0 radical (unpaired) electrons. The summed E-state index contributed by atoms with van der Waals surface area (Å²) in [7, 11) is 1.88. The van der Waals surface area contributed by atoms with Gasteiger partial charge in [0.2, 0.25) is 5.88 Å². The number of rotatable bonds is 7. The number of benzene rings is 3. The van der Waals surface area contributed by atoms with Gasteiger partial charge < -0.3 is 14.2 Å². The van der Waals surface area contributed by atoms with Crippen molar-refractivity contribution >= 4 is 0 Å². The van der Waals surface area contributed by atoms with Crippen LogP contribution < -0.4 is 14.2 Å². The van der Waals surface area contributed by atoms with E-state index >= 15 is 0 Å². The Kier molecular flexibility index (Phi) is 5.70. The maximum Gasteiger partial charge on any atom is 0.220 e. The fourth-order valence-electron chi connectivity index (χ4n) is 3.05. The third-order valence-corrected chi connectivity index (χ3v) is 4.80. The number of hydrogen-bond acceptors (Lipinski definition) is 4. The van der Waals surface area contributed by atoms with Crippen molar-refractivity contribution in [3.05, 3.63) is 95.7 Å². The van der Waals surface area contributed by atoms with Crippen molar-refractivity contribution < 1.29 is 14.2 Å². The monoisotopic (exact) mass is 400 g/mol. The molecule has 0 saturated carbocycles. The molecule has 3 aromatic carbocycles. The molecule has 0 bridgehead atoms. The third-order valence-electron chi connectivity index (χ3n) is 4.80. The molecule has 4 aromatic rings. The van der Waals surface area contributed by atoms with Gasteiger partial charge in [0.25, 0.3) is 0 Å². The van der Waals surface area contributed by atoms with E-state index in [2.05, 4.69) is 5.10 Å². The molecule has 30 heavy (non-hydrogen) atoms. The van der Waals surface area contributed by atoms with E-state index in [0.717, 1.165) is 45.7 Å². The zero-order chi connectivity index (χ0) is 20.9. The van der Waals surface area contributed by atoms with E-state index in [-0.39, 0.29) is 0 Å². The lowest BCUT2D eigenvalue weighted by molar-refractivity contribution is 0.306. The van der Waals surface area contributed by atoms with E-state index in [1.165, 1.54) is 0 Å². The lowest BCUT2D eigenvalue weighted by Gasteiger charge is -2.10. The highest BCUT2D eigenvalue weighted by Crippen LogP contribution is 2.29. The maximum absolute atomic E-state index is 5.97. The van der Waals surface area contributed by atoms with Crippen LogP contribution in [0.1, 0.15) is 16.8 Å². The molecule has 0 spiro atoms. The summed E-state index contributed by atoms with van der Waals surface area (Å²) < 4.78 is 19.5. The second kappa shape index (κ2) is 8.74. The van der Waals surface area contributed by atoms with E-state index in [1.54, 1.807) is 4.68 Å². The molecule has 5 heteroatoms. The van der Waals surface area contributed by atoms with Crippen molar-refractivity contribution in [2.75, 3.05) is 0 Å². The number of aryl methyl sites for hydroxylation is 2. The fraction of sp³-hybridized carbons (Fsp3) is 0.160. The van der Waals surface area contributed by atoms with E-state index in [0.29, 0.717) is 6.61 Å². The predicted molar refractivity (Wildman–Crippen MR) is 116 cm³/mol. The van der Waals surface area contributed by atoms with Gasteiger partial charge in [-0.25, -0.2) is 4.68 Å². The van der Waals surface area contributed by atoms with Gasteiger partial charge in [0.1, 0.15) is 29.6 Å². The summed E-state index contributed by atoms with van der Waals surface area (Å²) in [6.07, 6.45) is 0. The Morgan fingerprint density at radius 2 is 1.23 bits per heavy atom. The first-order valence-electron chi connectivity index (χ1n) is 9.81.